The van der Waals surface area contributed by atoms with Crippen molar-refractivity contribution in [2.75, 3.05) is 11.9 Å². The number of hydrogen-bond acceptors (Lipinski definition) is 6. The van der Waals surface area contributed by atoms with Gasteiger partial charge in [-0.1, -0.05) is 0 Å². The van der Waals surface area contributed by atoms with Crippen molar-refractivity contribution in [3.63, 3.8) is 0 Å². The van der Waals surface area contributed by atoms with Gasteiger partial charge in [0.15, 0.2) is 5.65 Å². The van der Waals surface area contributed by atoms with Crippen LogP contribution in [-0.2, 0) is 13.6 Å². The Balaban J connectivity index is 1.52. The molecule has 0 fully saturated rings. The maximum atomic E-state index is 10.5. The number of hydrogen-bond donors (Lipinski definition) is 3. The first-order valence-corrected chi connectivity index (χ1v) is 8.43. The van der Waals surface area contributed by atoms with E-state index in [0.29, 0.717) is 25.5 Å². The van der Waals surface area contributed by atoms with Crippen molar-refractivity contribution in [1.29, 1.82) is 0 Å². The molecule has 27 heavy (non-hydrogen) atoms. The molecule has 0 saturated heterocycles. The number of aromatic nitrogens is 6. The summed E-state index contributed by atoms with van der Waals surface area (Å²) in [6.07, 6.45) is 6.81. The summed E-state index contributed by atoms with van der Waals surface area (Å²) < 4.78 is 3.70. The van der Waals surface area contributed by atoms with Crippen molar-refractivity contribution in [1.82, 2.24) is 34.6 Å². The van der Waals surface area contributed by atoms with Crippen LogP contribution < -0.4 is 10.6 Å². The van der Waals surface area contributed by atoms with Crippen LogP contribution in [0.3, 0.4) is 0 Å². The summed E-state index contributed by atoms with van der Waals surface area (Å²) in [7, 11) is 1.85. The Labute approximate surface area is 153 Å². The Hall–Kier alpha value is -3.69. The molecule has 3 N–H and O–H groups in total. The van der Waals surface area contributed by atoms with Crippen molar-refractivity contribution in [2.45, 2.75) is 13.0 Å². The van der Waals surface area contributed by atoms with Gasteiger partial charge in [0.05, 0.1) is 18.1 Å². The van der Waals surface area contributed by atoms with E-state index in [4.69, 9.17) is 5.11 Å². The van der Waals surface area contributed by atoms with Crippen LogP contribution in [0.5, 0.6) is 0 Å². The first-order chi connectivity index (χ1) is 13.1. The first-order valence-electron chi connectivity index (χ1n) is 8.43. The van der Waals surface area contributed by atoms with Crippen LogP contribution in [0.2, 0.25) is 0 Å². The molecule has 0 unspecified atom stereocenters. The lowest BCUT2D eigenvalue weighted by Gasteiger charge is -2.07. The monoisotopic (exact) mass is 366 g/mol. The Morgan fingerprint density at radius 2 is 2.07 bits per heavy atom. The molecule has 0 bridgehead atoms. The lowest BCUT2D eigenvalue weighted by molar-refractivity contribution is 0.194. The van der Waals surface area contributed by atoms with Gasteiger partial charge >= 0.3 is 6.09 Å². The number of pyridine rings is 1. The second kappa shape index (κ2) is 6.90. The molecule has 4 rings (SSSR count). The lowest BCUT2D eigenvalue weighted by Crippen LogP contribution is -2.22. The van der Waals surface area contributed by atoms with Crippen LogP contribution >= 0.6 is 0 Å². The van der Waals surface area contributed by atoms with Gasteiger partial charge in [-0.3, -0.25) is 4.68 Å². The van der Waals surface area contributed by atoms with E-state index in [9.17, 15) is 4.79 Å². The summed E-state index contributed by atoms with van der Waals surface area (Å²) in [6.45, 7) is 1.05. The standard InChI is InChI=1S/C17H18N8O2/c1-24-14-12(9-21-24)7-13(10-19-14)22-16-20-8-11-3-6-25(15(11)23-16)5-2-4-18-17(26)27/h3,6-10,18H,2,4-5H2,1H3,(H,26,27)(H,20,22,23). The van der Waals surface area contributed by atoms with E-state index >= 15 is 0 Å². The number of amides is 1. The number of nitrogens with zero attached hydrogens (tertiary/aromatic N) is 6. The van der Waals surface area contributed by atoms with Crippen LogP contribution in [-0.4, -0.2) is 47.0 Å². The summed E-state index contributed by atoms with van der Waals surface area (Å²) in [5.41, 5.74) is 2.37. The minimum atomic E-state index is -1.01. The highest BCUT2D eigenvalue weighted by atomic mass is 16.4. The van der Waals surface area contributed by atoms with Crippen molar-refractivity contribution in [3.05, 3.63) is 36.9 Å². The maximum Gasteiger partial charge on any atom is 0.404 e. The predicted octanol–water partition coefficient (Wildman–Crippen LogP) is 2.11. The largest absolute Gasteiger partial charge is 0.465 e. The molecule has 4 aromatic heterocycles. The molecule has 4 aromatic rings. The number of carboxylic acid groups (broad SMARTS) is 1. The van der Waals surface area contributed by atoms with E-state index in [1.807, 2.05) is 29.9 Å². The smallest absolute Gasteiger partial charge is 0.404 e. The third-order valence-electron chi connectivity index (χ3n) is 4.18. The molecule has 138 valence electrons. The van der Waals surface area contributed by atoms with Crippen molar-refractivity contribution in [2.24, 2.45) is 7.05 Å². The highest BCUT2D eigenvalue weighted by Crippen LogP contribution is 2.20. The number of anilines is 2. The molecule has 0 aliphatic heterocycles. The Morgan fingerprint density at radius 3 is 2.93 bits per heavy atom. The molecule has 0 aliphatic rings. The van der Waals surface area contributed by atoms with Crippen LogP contribution in [0.1, 0.15) is 6.42 Å². The summed E-state index contributed by atoms with van der Waals surface area (Å²) in [5, 5.41) is 20.2. The summed E-state index contributed by atoms with van der Waals surface area (Å²) in [4.78, 5) is 23.8. The van der Waals surface area contributed by atoms with Crippen LogP contribution in [0.15, 0.2) is 36.9 Å². The van der Waals surface area contributed by atoms with Crippen LogP contribution in [0.25, 0.3) is 22.1 Å². The highest BCUT2D eigenvalue weighted by molar-refractivity contribution is 5.80. The number of fused-ring (bicyclic) bond motifs is 2. The highest BCUT2D eigenvalue weighted by Gasteiger charge is 2.08. The van der Waals surface area contributed by atoms with Crippen molar-refractivity contribution in [3.8, 4) is 0 Å². The molecule has 10 nitrogen and oxygen atoms in total. The predicted molar refractivity (Wildman–Crippen MR) is 100.0 cm³/mol. The Bertz CT molecular complexity index is 1120. The Morgan fingerprint density at radius 1 is 1.19 bits per heavy atom. The summed E-state index contributed by atoms with van der Waals surface area (Å²) >= 11 is 0. The van der Waals surface area contributed by atoms with E-state index in [1.165, 1.54) is 0 Å². The second-order valence-corrected chi connectivity index (χ2v) is 6.10. The van der Waals surface area contributed by atoms with Crippen molar-refractivity contribution >= 4 is 39.8 Å². The quantitative estimate of drug-likeness (QED) is 0.447. The zero-order valence-corrected chi connectivity index (χ0v) is 14.6. The van der Waals surface area contributed by atoms with Crippen molar-refractivity contribution < 1.29 is 9.90 Å². The third kappa shape index (κ3) is 3.50. The fourth-order valence-electron chi connectivity index (χ4n) is 2.90. The first kappa shape index (κ1) is 16.8. The number of aryl methyl sites for hydroxylation is 2. The maximum absolute atomic E-state index is 10.5. The molecule has 1 amide bonds. The van der Waals surface area contributed by atoms with Gasteiger partial charge in [0.1, 0.15) is 5.65 Å². The molecule has 0 atom stereocenters. The lowest BCUT2D eigenvalue weighted by atomic mass is 10.3. The van der Waals surface area contributed by atoms with E-state index in [1.54, 1.807) is 23.3 Å². The van der Waals surface area contributed by atoms with Gasteiger partial charge in [0.2, 0.25) is 5.95 Å². The normalized spacial score (nSPS) is 11.1. The summed E-state index contributed by atoms with van der Waals surface area (Å²) in [6, 6.07) is 3.88. The van der Waals surface area contributed by atoms with Gasteiger partial charge in [0, 0.05) is 43.3 Å². The van der Waals surface area contributed by atoms with Gasteiger partial charge < -0.3 is 20.3 Å². The minimum Gasteiger partial charge on any atom is -0.465 e. The van der Waals surface area contributed by atoms with Gasteiger partial charge in [-0.15, -0.1) is 0 Å². The molecule has 0 aliphatic carbocycles. The number of carbonyl (C=O) groups is 1. The molecule has 10 heteroatoms. The molecular weight excluding hydrogens is 348 g/mol. The van der Waals surface area contributed by atoms with E-state index < -0.39 is 6.09 Å². The Kier molecular flexibility index (Phi) is 4.29. The fraction of sp³-hybridized carbons (Fsp3) is 0.235. The van der Waals surface area contributed by atoms with Gasteiger partial charge in [-0.25, -0.2) is 14.8 Å². The zero-order chi connectivity index (χ0) is 18.8. The molecule has 0 radical (unpaired) electrons. The second-order valence-electron chi connectivity index (χ2n) is 6.10. The third-order valence-corrected chi connectivity index (χ3v) is 4.18. The van der Waals surface area contributed by atoms with E-state index in [-0.39, 0.29) is 0 Å². The van der Waals surface area contributed by atoms with Crippen LogP contribution in [0, 0.1) is 0 Å². The number of rotatable bonds is 6. The molecule has 0 saturated carbocycles. The van der Waals surface area contributed by atoms with Gasteiger partial charge in [0.25, 0.3) is 0 Å². The van der Waals surface area contributed by atoms with Crippen LogP contribution in [0.4, 0.5) is 16.4 Å². The van der Waals surface area contributed by atoms with Gasteiger partial charge in [-0.05, 0) is 18.6 Å². The average molecular weight is 366 g/mol. The molecule has 4 heterocycles. The molecule has 0 spiro atoms. The average Bonchev–Trinajstić information content (AvgIpc) is 3.22. The zero-order valence-electron chi connectivity index (χ0n) is 14.6. The SMILES string of the molecule is Cn1ncc2cc(Nc3ncc4ccn(CCCNC(=O)O)c4n3)cnc21. The van der Waals surface area contributed by atoms with Gasteiger partial charge in [-0.2, -0.15) is 10.1 Å². The van der Waals surface area contributed by atoms with E-state index in [0.717, 1.165) is 27.8 Å². The fourth-order valence-corrected chi connectivity index (χ4v) is 2.90. The summed E-state index contributed by atoms with van der Waals surface area (Å²) in [5.74, 6) is 0.469. The van der Waals surface area contributed by atoms with E-state index in [2.05, 4.69) is 30.7 Å². The molecule has 0 aromatic carbocycles. The number of nitrogens with one attached hydrogen (secondary N) is 2. The molecular formula is C17H18N8O2. The topological polar surface area (TPSA) is 123 Å². The minimum absolute atomic E-state index is 0.391.